The minimum absolute atomic E-state index is 0.111. The number of imide groups is 1. The summed E-state index contributed by atoms with van der Waals surface area (Å²) < 4.78 is 1.92. The van der Waals surface area contributed by atoms with Crippen LogP contribution in [0.4, 0.5) is 4.79 Å². The molecule has 0 radical (unpaired) electrons. The van der Waals surface area contributed by atoms with Crippen molar-refractivity contribution < 1.29 is 9.59 Å². The second kappa shape index (κ2) is 9.75. The van der Waals surface area contributed by atoms with E-state index in [1.807, 2.05) is 25.5 Å². The zero-order valence-corrected chi connectivity index (χ0v) is 19.1. The summed E-state index contributed by atoms with van der Waals surface area (Å²) in [6.45, 7) is 6.79. The average molecular weight is 436 g/mol. The van der Waals surface area contributed by atoms with Crippen LogP contribution in [0, 0.1) is 11.8 Å². The summed E-state index contributed by atoms with van der Waals surface area (Å²) in [5, 5.41) is 14.3. The van der Waals surface area contributed by atoms with Gasteiger partial charge < -0.3 is 9.88 Å². The fraction of sp³-hybridized carbons (Fsp3) is 0.600. The van der Waals surface area contributed by atoms with E-state index in [1.54, 1.807) is 11.3 Å². The third-order valence-electron chi connectivity index (χ3n) is 5.07. The molecule has 3 amide bonds. The lowest BCUT2D eigenvalue weighted by atomic mass is 9.87. The fourth-order valence-corrected chi connectivity index (χ4v) is 5.29. The molecule has 1 atom stereocenters. The van der Waals surface area contributed by atoms with Crippen molar-refractivity contribution in [1.82, 2.24) is 25.4 Å². The van der Waals surface area contributed by atoms with E-state index in [4.69, 9.17) is 0 Å². The monoisotopic (exact) mass is 435 g/mol. The van der Waals surface area contributed by atoms with Gasteiger partial charge in [0, 0.05) is 18.5 Å². The Kier molecular flexibility index (Phi) is 7.34. The molecule has 0 bridgehead atoms. The van der Waals surface area contributed by atoms with Gasteiger partial charge in [0.25, 0.3) is 0 Å². The third-order valence-corrected chi connectivity index (χ3v) is 7.33. The zero-order chi connectivity index (χ0) is 21.0. The van der Waals surface area contributed by atoms with Crippen molar-refractivity contribution in [3.05, 3.63) is 16.5 Å². The van der Waals surface area contributed by atoms with Crippen molar-refractivity contribution in [3.63, 3.8) is 0 Å². The van der Waals surface area contributed by atoms with Crippen LogP contribution in [-0.4, -0.2) is 39.0 Å². The van der Waals surface area contributed by atoms with E-state index in [9.17, 15) is 9.59 Å². The number of nitrogens with zero attached hydrogens (tertiary/aromatic N) is 3. The van der Waals surface area contributed by atoms with Crippen LogP contribution in [0.5, 0.6) is 0 Å². The Morgan fingerprint density at radius 3 is 2.90 bits per heavy atom. The lowest BCUT2D eigenvalue weighted by Gasteiger charge is -2.19. The highest BCUT2D eigenvalue weighted by molar-refractivity contribution is 7.99. The van der Waals surface area contributed by atoms with Crippen LogP contribution in [0.2, 0.25) is 0 Å². The molecule has 9 heteroatoms. The van der Waals surface area contributed by atoms with Crippen LogP contribution in [-0.2, 0) is 24.7 Å². The molecular formula is C20H29N5O2S2. The number of amides is 3. The molecule has 0 spiro atoms. The molecule has 2 N–H and O–H groups in total. The zero-order valence-electron chi connectivity index (χ0n) is 17.4. The summed E-state index contributed by atoms with van der Waals surface area (Å²) >= 11 is 3.08. The molecule has 0 saturated carbocycles. The Bertz CT molecular complexity index is 874. The molecular weight excluding hydrogens is 406 g/mol. The SMILES string of the molecule is CCC1CCc2sc(-c3nnc(SCC(=O)NC(=O)NCC(C)C)n3C)cc2C1. The van der Waals surface area contributed by atoms with Gasteiger partial charge in [-0.2, -0.15) is 0 Å². The van der Waals surface area contributed by atoms with Crippen molar-refractivity contribution in [2.45, 2.75) is 51.6 Å². The Labute approximate surface area is 180 Å². The third kappa shape index (κ3) is 5.60. The average Bonchev–Trinajstić information content (AvgIpc) is 3.26. The van der Waals surface area contributed by atoms with Gasteiger partial charge in [-0.3, -0.25) is 10.1 Å². The predicted octanol–water partition coefficient (Wildman–Crippen LogP) is 3.63. The van der Waals surface area contributed by atoms with E-state index in [0.717, 1.165) is 29.5 Å². The fourth-order valence-electron chi connectivity index (χ4n) is 3.35. The molecule has 0 saturated heterocycles. The summed E-state index contributed by atoms with van der Waals surface area (Å²) in [6, 6.07) is 1.80. The number of thioether (sulfide) groups is 1. The van der Waals surface area contributed by atoms with E-state index in [1.165, 1.54) is 35.0 Å². The van der Waals surface area contributed by atoms with Gasteiger partial charge in [-0.1, -0.05) is 39.0 Å². The largest absolute Gasteiger partial charge is 0.338 e. The van der Waals surface area contributed by atoms with Crippen molar-refractivity contribution >= 4 is 35.0 Å². The number of aromatic nitrogens is 3. The maximum absolute atomic E-state index is 12.0. The number of aryl methyl sites for hydroxylation is 1. The summed E-state index contributed by atoms with van der Waals surface area (Å²) in [5.41, 5.74) is 1.45. The van der Waals surface area contributed by atoms with Crippen molar-refractivity contribution in [1.29, 1.82) is 0 Å². The number of carbonyl (C=O) groups excluding carboxylic acids is 2. The van der Waals surface area contributed by atoms with Gasteiger partial charge in [0.2, 0.25) is 5.91 Å². The lowest BCUT2D eigenvalue weighted by Crippen LogP contribution is -2.41. The smallest absolute Gasteiger partial charge is 0.321 e. The Balaban J connectivity index is 1.58. The number of carbonyl (C=O) groups is 2. The van der Waals surface area contributed by atoms with Gasteiger partial charge in [-0.05, 0) is 42.7 Å². The molecule has 2 heterocycles. The number of fused-ring (bicyclic) bond motifs is 1. The first-order chi connectivity index (χ1) is 13.9. The van der Waals surface area contributed by atoms with Gasteiger partial charge in [0.15, 0.2) is 11.0 Å². The maximum Gasteiger partial charge on any atom is 0.321 e. The molecule has 1 unspecified atom stereocenters. The predicted molar refractivity (Wildman–Crippen MR) is 117 cm³/mol. The first kappa shape index (κ1) is 21.8. The van der Waals surface area contributed by atoms with Gasteiger partial charge in [0.05, 0.1) is 10.6 Å². The molecule has 2 aromatic heterocycles. The van der Waals surface area contributed by atoms with Crippen LogP contribution in [0.15, 0.2) is 11.2 Å². The van der Waals surface area contributed by atoms with E-state index in [2.05, 4.69) is 33.8 Å². The van der Waals surface area contributed by atoms with Crippen LogP contribution in [0.1, 0.15) is 44.1 Å². The molecule has 1 aliphatic rings. The molecule has 3 rings (SSSR count). The molecule has 29 heavy (non-hydrogen) atoms. The van der Waals surface area contributed by atoms with E-state index < -0.39 is 6.03 Å². The van der Waals surface area contributed by atoms with E-state index in [0.29, 0.717) is 17.6 Å². The minimum Gasteiger partial charge on any atom is -0.338 e. The highest BCUT2D eigenvalue weighted by Crippen LogP contribution is 2.37. The number of hydrogen-bond donors (Lipinski definition) is 2. The number of urea groups is 1. The summed E-state index contributed by atoms with van der Waals surface area (Å²) in [6.07, 6.45) is 4.80. The topological polar surface area (TPSA) is 88.9 Å². The molecule has 0 aromatic carbocycles. The highest BCUT2D eigenvalue weighted by Gasteiger charge is 2.22. The Hall–Kier alpha value is -1.87. The molecule has 1 aliphatic carbocycles. The lowest BCUT2D eigenvalue weighted by molar-refractivity contribution is -0.117. The number of thiophene rings is 1. The summed E-state index contributed by atoms with van der Waals surface area (Å²) in [5.74, 6) is 1.71. The van der Waals surface area contributed by atoms with Gasteiger partial charge >= 0.3 is 6.03 Å². The quantitative estimate of drug-likeness (QED) is 0.648. The molecule has 2 aromatic rings. The molecule has 0 fully saturated rings. The van der Waals surface area contributed by atoms with Crippen LogP contribution < -0.4 is 10.6 Å². The van der Waals surface area contributed by atoms with E-state index >= 15 is 0 Å². The number of rotatable bonds is 7. The second-order valence-corrected chi connectivity index (χ2v) is 9.96. The van der Waals surface area contributed by atoms with Gasteiger partial charge in [-0.15, -0.1) is 21.5 Å². The number of hydrogen-bond acceptors (Lipinski definition) is 6. The van der Waals surface area contributed by atoms with Gasteiger partial charge in [0.1, 0.15) is 0 Å². The van der Waals surface area contributed by atoms with Gasteiger partial charge in [-0.25, -0.2) is 4.79 Å². The van der Waals surface area contributed by atoms with Crippen molar-refractivity contribution in [3.8, 4) is 10.7 Å². The minimum atomic E-state index is -0.461. The normalized spacial score (nSPS) is 16.0. The van der Waals surface area contributed by atoms with Crippen molar-refractivity contribution in [2.75, 3.05) is 12.3 Å². The van der Waals surface area contributed by atoms with Crippen LogP contribution >= 0.6 is 23.1 Å². The van der Waals surface area contributed by atoms with Crippen molar-refractivity contribution in [2.24, 2.45) is 18.9 Å². The van der Waals surface area contributed by atoms with Crippen LogP contribution in [0.3, 0.4) is 0 Å². The molecule has 7 nitrogen and oxygen atoms in total. The standard InChI is InChI=1S/C20H29N5O2S2/c1-5-13-6-7-15-14(8-13)9-16(29-15)18-23-24-20(25(18)4)28-11-17(26)22-19(27)21-10-12(2)3/h9,12-13H,5-8,10-11H2,1-4H3,(H2,21,22,26,27). The second-order valence-electron chi connectivity index (χ2n) is 7.88. The summed E-state index contributed by atoms with van der Waals surface area (Å²) in [4.78, 5) is 26.3. The number of nitrogens with one attached hydrogen (secondary N) is 2. The molecule has 0 aliphatic heterocycles. The first-order valence-electron chi connectivity index (χ1n) is 10.1. The summed E-state index contributed by atoms with van der Waals surface area (Å²) in [7, 11) is 1.92. The van der Waals surface area contributed by atoms with E-state index in [-0.39, 0.29) is 11.7 Å². The highest BCUT2D eigenvalue weighted by atomic mass is 32.2. The van der Waals surface area contributed by atoms with Crippen LogP contribution in [0.25, 0.3) is 10.7 Å². The first-order valence-corrected chi connectivity index (χ1v) is 11.9. The molecule has 158 valence electrons. The maximum atomic E-state index is 12.0. The Morgan fingerprint density at radius 1 is 1.38 bits per heavy atom. The Morgan fingerprint density at radius 2 is 2.17 bits per heavy atom.